The minimum Gasteiger partial charge on any atom is -0.497 e. The van der Waals surface area contributed by atoms with E-state index in [4.69, 9.17) is 16.3 Å². The summed E-state index contributed by atoms with van der Waals surface area (Å²) in [6.45, 7) is 1.76. The van der Waals surface area contributed by atoms with E-state index in [0.29, 0.717) is 11.4 Å². The van der Waals surface area contributed by atoms with Crippen LogP contribution >= 0.6 is 11.6 Å². The van der Waals surface area contributed by atoms with Gasteiger partial charge in [0.05, 0.1) is 28.3 Å². The van der Waals surface area contributed by atoms with E-state index in [9.17, 15) is 22.0 Å². The van der Waals surface area contributed by atoms with E-state index in [1.54, 1.807) is 31.2 Å². The van der Waals surface area contributed by atoms with Crippen LogP contribution in [0, 0.1) is 11.6 Å². The number of hydrogen-bond donors (Lipinski definition) is 0. The number of hydrogen-bond acceptors (Lipinski definition) is 4. The second-order valence-electron chi connectivity index (χ2n) is 6.96. The minimum absolute atomic E-state index is 0.0204. The van der Waals surface area contributed by atoms with Crippen molar-refractivity contribution in [3.63, 3.8) is 0 Å². The lowest BCUT2D eigenvalue weighted by molar-refractivity contribution is 0.0988. The SMILES string of the molecule is CCN(C(=O)c1cc(S(=O)(=O)N(C)c2ccc(OC)cc2)ccc1Cl)c1ccc(F)c(F)c1. The first-order chi connectivity index (χ1) is 15.6. The number of rotatable bonds is 7. The van der Waals surface area contributed by atoms with Crippen molar-refractivity contribution in [2.45, 2.75) is 11.8 Å². The summed E-state index contributed by atoms with van der Waals surface area (Å²) in [5.74, 6) is -2.24. The average molecular weight is 495 g/mol. The predicted molar refractivity (Wildman–Crippen MR) is 124 cm³/mol. The Balaban J connectivity index is 1.99. The molecule has 0 aliphatic carbocycles. The first-order valence-corrected chi connectivity index (χ1v) is 11.6. The molecule has 33 heavy (non-hydrogen) atoms. The second-order valence-corrected chi connectivity index (χ2v) is 9.34. The largest absolute Gasteiger partial charge is 0.497 e. The van der Waals surface area contributed by atoms with Crippen molar-refractivity contribution in [1.29, 1.82) is 0 Å². The van der Waals surface area contributed by atoms with E-state index < -0.39 is 27.6 Å². The van der Waals surface area contributed by atoms with Crippen LogP contribution in [0.15, 0.2) is 65.6 Å². The standard InChI is InChI=1S/C23H21ClF2N2O4S/c1-4-28(16-7-12-21(25)22(26)13-16)23(29)19-14-18(10-11-20(19)24)33(30,31)27(2)15-5-8-17(32-3)9-6-15/h5-14H,4H2,1-3H3. The highest BCUT2D eigenvalue weighted by Gasteiger charge is 2.26. The number of halogens is 3. The van der Waals surface area contributed by atoms with Crippen molar-refractivity contribution >= 4 is 38.9 Å². The molecule has 3 aromatic carbocycles. The highest BCUT2D eigenvalue weighted by Crippen LogP contribution is 2.29. The maximum atomic E-state index is 13.7. The first kappa shape index (κ1) is 24.5. The van der Waals surface area contributed by atoms with Gasteiger partial charge in [0.25, 0.3) is 15.9 Å². The zero-order chi connectivity index (χ0) is 24.3. The summed E-state index contributed by atoms with van der Waals surface area (Å²) in [5, 5.41) is 0.0204. The molecule has 174 valence electrons. The fourth-order valence-electron chi connectivity index (χ4n) is 3.16. The molecule has 0 spiro atoms. The third kappa shape index (κ3) is 4.94. The molecule has 0 saturated heterocycles. The number of benzene rings is 3. The van der Waals surface area contributed by atoms with Gasteiger partial charge in [-0.3, -0.25) is 9.10 Å². The number of carbonyl (C=O) groups excluding carboxylic acids is 1. The van der Waals surface area contributed by atoms with Crippen LogP contribution in [0.5, 0.6) is 5.75 Å². The van der Waals surface area contributed by atoms with Gasteiger partial charge < -0.3 is 9.64 Å². The van der Waals surface area contributed by atoms with Crippen LogP contribution in [-0.4, -0.2) is 35.0 Å². The Labute approximate surface area is 196 Å². The number of carbonyl (C=O) groups is 1. The van der Waals surface area contributed by atoms with E-state index >= 15 is 0 Å². The number of ether oxygens (including phenoxy) is 1. The van der Waals surface area contributed by atoms with Crippen molar-refractivity contribution < 1.29 is 26.7 Å². The van der Waals surface area contributed by atoms with Crippen LogP contribution in [-0.2, 0) is 10.0 Å². The smallest absolute Gasteiger partial charge is 0.264 e. The monoisotopic (exact) mass is 494 g/mol. The quantitative estimate of drug-likeness (QED) is 0.457. The molecule has 0 heterocycles. The molecule has 0 saturated carbocycles. The topological polar surface area (TPSA) is 66.9 Å². The molecule has 0 fully saturated rings. The molecule has 0 bridgehead atoms. The molecule has 3 aromatic rings. The minimum atomic E-state index is -4.04. The van der Waals surface area contributed by atoms with Gasteiger partial charge in [-0.2, -0.15) is 0 Å². The summed E-state index contributed by atoms with van der Waals surface area (Å²) in [6.07, 6.45) is 0. The van der Waals surface area contributed by atoms with Crippen molar-refractivity contribution in [2.24, 2.45) is 0 Å². The van der Waals surface area contributed by atoms with Gasteiger partial charge in [0.15, 0.2) is 11.6 Å². The summed E-state index contributed by atoms with van der Waals surface area (Å²) < 4.78 is 59.6. The Morgan fingerprint density at radius 2 is 1.61 bits per heavy atom. The molecule has 0 N–H and O–H groups in total. The van der Waals surface area contributed by atoms with Crippen molar-refractivity contribution in [1.82, 2.24) is 0 Å². The lowest BCUT2D eigenvalue weighted by Crippen LogP contribution is -2.31. The van der Waals surface area contributed by atoms with Gasteiger partial charge >= 0.3 is 0 Å². The molecule has 0 radical (unpaired) electrons. The van der Waals surface area contributed by atoms with Gasteiger partial charge in [-0.05, 0) is 61.5 Å². The predicted octanol–water partition coefficient (Wildman–Crippen LogP) is 5.12. The van der Waals surface area contributed by atoms with E-state index in [0.717, 1.165) is 16.4 Å². The van der Waals surface area contributed by atoms with Crippen molar-refractivity contribution in [2.75, 3.05) is 29.9 Å². The zero-order valence-electron chi connectivity index (χ0n) is 18.1. The lowest BCUT2D eigenvalue weighted by Gasteiger charge is -2.23. The molecule has 0 aromatic heterocycles. The van der Waals surface area contributed by atoms with Gasteiger partial charge in [-0.25, -0.2) is 17.2 Å². The van der Waals surface area contributed by atoms with E-state index in [1.807, 2.05) is 0 Å². The highest BCUT2D eigenvalue weighted by molar-refractivity contribution is 7.92. The highest BCUT2D eigenvalue weighted by atomic mass is 35.5. The number of anilines is 2. The van der Waals surface area contributed by atoms with Gasteiger partial charge in [0.2, 0.25) is 0 Å². The molecule has 0 aliphatic rings. The Kier molecular flexibility index (Phi) is 7.24. The molecule has 0 aliphatic heterocycles. The molecular weight excluding hydrogens is 474 g/mol. The van der Waals surface area contributed by atoms with Gasteiger partial charge in [0.1, 0.15) is 5.75 Å². The number of nitrogens with zero attached hydrogens (tertiary/aromatic N) is 2. The average Bonchev–Trinajstić information content (AvgIpc) is 2.81. The van der Waals surface area contributed by atoms with Gasteiger partial charge in [0, 0.05) is 25.3 Å². The Morgan fingerprint density at radius 1 is 0.970 bits per heavy atom. The normalized spacial score (nSPS) is 11.2. The second kappa shape index (κ2) is 9.76. The van der Waals surface area contributed by atoms with Crippen LogP contribution in [0.4, 0.5) is 20.2 Å². The Morgan fingerprint density at radius 3 is 2.18 bits per heavy atom. The molecule has 1 amide bonds. The fraction of sp³-hybridized carbons (Fsp3) is 0.174. The van der Waals surface area contributed by atoms with E-state index in [-0.39, 0.29) is 27.7 Å². The third-order valence-corrected chi connectivity index (χ3v) is 7.15. The number of amides is 1. The summed E-state index contributed by atoms with van der Waals surface area (Å²) in [7, 11) is -1.16. The molecular formula is C23H21ClF2N2O4S. The van der Waals surface area contributed by atoms with Crippen molar-refractivity contribution in [3.05, 3.63) is 82.9 Å². The molecule has 3 rings (SSSR count). The fourth-order valence-corrected chi connectivity index (χ4v) is 4.58. The summed E-state index contributed by atoms with van der Waals surface area (Å²) in [5.41, 5.74) is 0.407. The van der Waals surface area contributed by atoms with Crippen LogP contribution in [0.25, 0.3) is 0 Å². The van der Waals surface area contributed by atoms with Crippen LogP contribution in [0.2, 0.25) is 5.02 Å². The van der Waals surface area contributed by atoms with Gasteiger partial charge in [-0.15, -0.1) is 0 Å². The summed E-state index contributed by atoms with van der Waals surface area (Å²) in [6, 6.07) is 13.2. The third-order valence-electron chi connectivity index (χ3n) is 5.04. The van der Waals surface area contributed by atoms with Gasteiger partial charge in [-0.1, -0.05) is 11.6 Å². The van der Waals surface area contributed by atoms with Crippen molar-refractivity contribution in [3.8, 4) is 5.75 Å². The zero-order valence-corrected chi connectivity index (χ0v) is 19.6. The summed E-state index contributed by atoms with van der Waals surface area (Å²) >= 11 is 6.21. The van der Waals surface area contributed by atoms with Crippen LogP contribution in [0.1, 0.15) is 17.3 Å². The number of methoxy groups -OCH3 is 1. The molecule has 0 atom stereocenters. The number of sulfonamides is 1. The molecule has 6 nitrogen and oxygen atoms in total. The molecule has 10 heteroatoms. The van der Waals surface area contributed by atoms with Crippen LogP contribution in [0.3, 0.4) is 0 Å². The molecule has 0 unspecified atom stereocenters. The van der Waals surface area contributed by atoms with E-state index in [2.05, 4.69) is 0 Å². The first-order valence-electron chi connectivity index (χ1n) is 9.79. The van der Waals surface area contributed by atoms with Crippen LogP contribution < -0.4 is 13.9 Å². The Bertz CT molecular complexity index is 1280. The lowest BCUT2D eigenvalue weighted by atomic mass is 10.1. The maximum absolute atomic E-state index is 13.7. The van der Waals surface area contributed by atoms with E-state index in [1.165, 1.54) is 43.3 Å². The summed E-state index contributed by atoms with van der Waals surface area (Å²) in [4.78, 5) is 14.2. The Hall–Kier alpha value is -3.17. The maximum Gasteiger partial charge on any atom is 0.264 e.